The number of aliphatic hydroxyl groups is 1. The number of halogens is 2. The van der Waals surface area contributed by atoms with Gasteiger partial charge in [-0.05, 0) is 28.7 Å². The maximum atomic E-state index is 10.7. The molecule has 0 spiro atoms. The van der Waals surface area contributed by atoms with Crippen LogP contribution in [0.3, 0.4) is 0 Å². The molecular weight excluding hydrogens is 405 g/mol. The lowest BCUT2D eigenvalue weighted by Gasteiger charge is -2.15. The number of rotatable bonds is 2. The lowest BCUT2D eigenvalue weighted by molar-refractivity contribution is 0.0331. The van der Waals surface area contributed by atoms with Crippen LogP contribution in [0.15, 0.2) is 41.4 Å². The monoisotopic (exact) mass is 415 g/mol. The van der Waals surface area contributed by atoms with Gasteiger partial charge in [0.05, 0.1) is 9.26 Å². The zero-order valence-corrected chi connectivity index (χ0v) is 13.7. The first-order valence-electron chi connectivity index (χ1n) is 6.42. The van der Waals surface area contributed by atoms with Crippen molar-refractivity contribution in [2.75, 3.05) is 12.0 Å². The Kier molecular flexibility index (Phi) is 3.04. The Morgan fingerprint density at radius 3 is 2.95 bits per heavy atom. The molecule has 0 amide bonds. The van der Waals surface area contributed by atoms with Crippen molar-refractivity contribution in [3.05, 3.63) is 51.2 Å². The van der Waals surface area contributed by atoms with Gasteiger partial charge in [0.1, 0.15) is 17.7 Å². The van der Waals surface area contributed by atoms with Crippen LogP contribution in [0.4, 0.5) is 5.82 Å². The van der Waals surface area contributed by atoms with Crippen molar-refractivity contribution in [2.45, 2.75) is 12.0 Å². The van der Waals surface area contributed by atoms with Crippen LogP contribution in [-0.4, -0.2) is 21.5 Å². The molecule has 2 N–H and O–H groups in total. The molecule has 0 radical (unpaired) electrons. The molecule has 2 unspecified atom stereocenters. The molecule has 1 fully saturated rings. The molecule has 2 aliphatic heterocycles. The lowest BCUT2D eigenvalue weighted by atomic mass is 10.1. The number of aromatic nitrogens is 1. The molecule has 0 aliphatic carbocycles. The summed E-state index contributed by atoms with van der Waals surface area (Å²) in [5, 5.41) is 14.4. The van der Waals surface area contributed by atoms with Crippen LogP contribution < -0.4 is 5.32 Å². The minimum Gasteiger partial charge on any atom is -0.358 e. The van der Waals surface area contributed by atoms with Crippen molar-refractivity contribution in [1.29, 1.82) is 0 Å². The van der Waals surface area contributed by atoms with E-state index < -0.39 is 12.0 Å². The fourth-order valence-corrected chi connectivity index (χ4v) is 3.59. The van der Waals surface area contributed by atoms with E-state index in [1.165, 1.54) is 0 Å². The van der Waals surface area contributed by atoms with Crippen molar-refractivity contribution < 1.29 is 9.84 Å². The van der Waals surface area contributed by atoms with Crippen LogP contribution in [0.5, 0.6) is 0 Å². The Labute approximate surface area is 139 Å². The first kappa shape index (κ1) is 13.6. The van der Waals surface area contributed by atoms with Crippen molar-refractivity contribution >= 4 is 45.2 Å². The Morgan fingerprint density at radius 2 is 2.19 bits per heavy atom. The molecule has 1 aromatic carbocycles. The molecule has 1 saturated heterocycles. The number of epoxide rings is 1. The standard InChI is InChI=1S/C14H11ClIN3O2/c15-11-9-6-10(16)19(12(9)18-7-17-11)13-14(20,21-13)8-4-2-1-3-5-8/h1-6,13,18,20H,7H2. The van der Waals surface area contributed by atoms with Crippen LogP contribution in [0.1, 0.15) is 17.4 Å². The van der Waals surface area contributed by atoms with Gasteiger partial charge in [-0.2, -0.15) is 0 Å². The van der Waals surface area contributed by atoms with Crippen molar-refractivity contribution in [1.82, 2.24) is 4.57 Å². The van der Waals surface area contributed by atoms with E-state index in [0.29, 0.717) is 11.8 Å². The van der Waals surface area contributed by atoms with E-state index in [0.717, 1.165) is 20.6 Å². The van der Waals surface area contributed by atoms with Gasteiger partial charge in [0.25, 0.3) is 0 Å². The van der Waals surface area contributed by atoms with E-state index in [1.807, 2.05) is 41.0 Å². The average Bonchev–Trinajstić information content (AvgIpc) is 3.04. The summed E-state index contributed by atoms with van der Waals surface area (Å²) in [6, 6.07) is 11.3. The Morgan fingerprint density at radius 1 is 1.43 bits per heavy atom. The highest BCUT2D eigenvalue weighted by Crippen LogP contribution is 2.54. The van der Waals surface area contributed by atoms with E-state index in [2.05, 4.69) is 32.9 Å². The Bertz CT molecular complexity index is 746. The van der Waals surface area contributed by atoms with E-state index >= 15 is 0 Å². The number of hydrogen-bond donors (Lipinski definition) is 2. The van der Waals surface area contributed by atoms with Gasteiger partial charge in [0, 0.05) is 5.56 Å². The second kappa shape index (κ2) is 4.70. The quantitative estimate of drug-likeness (QED) is 0.586. The summed E-state index contributed by atoms with van der Waals surface area (Å²) < 4.78 is 8.45. The second-order valence-corrected chi connectivity index (χ2v) is 6.38. The summed E-state index contributed by atoms with van der Waals surface area (Å²) in [7, 11) is 0. The molecule has 4 rings (SSSR count). The Hall–Kier alpha value is -1.09. The van der Waals surface area contributed by atoms with Gasteiger partial charge in [0.15, 0.2) is 6.23 Å². The molecule has 2 aliphatic rings. The molecule has 2 aromatic rings. The van der Waals surface area contributed by atoms with Crippen LogP contribution in [-0.2, 0) is 10.5 Å². The summed E-state index contributed by atoms with van der Waals surface area (Å²) in [6.45, 7) is 0.419. The summed E-state index contributed by atoms with van der Waals surface area (Å²) in [6.07, 6.45) is -0.467. The molecule has 0 saturated carbocycles. The SMILES string of the molecule is OC1(c2ccccc2)OC1n1c(I)cc2c1NCN=C2Cl. The normalized spacial score (nSPS) is 26.8. The number of anilines is 1. The number of benzene rings is 1. The predicted octanol–water partition coefficient (Wildman–Crippen LogP) is 2.84. The first-order valence-corrected chi connectivity index (χ1v) is 7.87. The number of fused-ring (bicyclic) bond motifs is 1. The second-order valence-electron chi connectivity index (χ2n) is 4.92. The van der Waals surface area contributed by atoms with Crippen LogP contribution >= 0.6 is 34.2 Å². The van der Waals surface area contributed by atoms with Crippen LogP contribution in [0.25, 0.3) is 0 Å². The summed E-state index contributed by atoms with van der Waals surface area (Å²) in [5.41, 5.74) is 1.57. The lowest BCUT2D eigenvalue weighted by Crippen LogP contribution is -2.17. The number of hydrogen-bond acceptors (Lipinski definition) is 4. The summed E-state index contributed by atoms with van der Waals surface area (Å²) in [4.78, 5) is 4.15. The van der Waals surface area contributed by atoms with Crippen LogP contribution in [0.2, 0.25) is 0 Å². The number of nitrogens with zero attached hydrogens (tertiary/aromatic N) is 2. The zero-order valence-electron chi connectivity index (χ0n) is 10.8. The van der Waals surface area contributed by atoms with Crippen molar-refractivity contribution in [2.24, 2.45) is 4.99 Å². The maximum Gasteiger partial charge on any atom is 0.241 e. The van der Waals surface area contributed by atoms with Gasteiger partial charge in [-0.25, -0.2) is 0 Å². The molecular formula is C14H11ClIN3O2. The molecule has 3 heterocycles. The first-order chi connectivity index (χ1) is 10.1. The van der Waals surface area contributed by atoms with Gasteiger partial charge < -0.3 is 15.2 Å². The van der Waals surface area contributed by atoms with Gasteiger partial charge in [-0.1, -0.05) is 41.9 Å². The van der Waals surface area contributed by atoms with Crippen LogP contribution in [0, 0.1) is 3.70 Å². The number of nitrogens with one attached hydrogen (secondary N) is 1. The third kappa shape index (κ3) is 2.01. The number of ether oxygens (including phenoxy) is 1. The maximum absolute atomic E-state index is 10.7. The largest absolute Gasteiger partial charge is 0.358 e. The van der Waals surface area contributed by atoms with E-state index in [-0.39, 0.29) is 0 Å². The predicted molar refractivity (Wildman–Crippen MR) is 88.5 cm³/mol. The minimum atomic E-state index is -1.29. The van der Waals surface area contributed by atoms with E-state index in [9.17, 15) is 5.11 Å². The van der Waals surface area contributed by atoms with E-state index in [1.54, 1.807) is 0 Å². The molecule has 5 nitrogen and oxygen atoms in total. The highest BCUT2D eigenvalue weighted by Gasteiger charge is 2.59. The molecule has 7 heteroatoms. The average molecular weight is 416 g/mol. The molecule has 2 atom stereocenters. The topological polar surface area (TPSA) is 62.1 Å². The van der Waals surface area contributed by atoms with Crippen molar-refractivity contribution in [3.63, 3.8) is 0 Å². The Balaban J connectivity index is 1.76. The molecule has 108 valence electrons. The molecule has 21 heavy (non-hydrogen) atoms. The summed E-state index contributed by atoms with van der Waals surface area (Å²) >= 11 is 8.34. The van der Waals surface area contributed by atoms with Gasteiger partial charge in [-0.15, -0.1) is 0 Å². The van der Waals surface area contributed by atoms with Gasteiger partial charge >= 0.3 is 0 Å². The highest BCUT2D eigenvalue weighted by atomic mass is 127. The van der Waals surface area contributed by atoms with Gasteiger partial charge in [-0.3, -0.25) is 9.56 Å². The van der Waals surface area contributed by atoms with E-state index in [4.69, 9.17) is 16.3 Å². The van der Waals surface area contributed by atoms with Gasteiger partial charge in [0.2, 0.25) is 5.79 Å². The molecule has 1 aromatic heterocycles. The van der Waals surface area contributed by atoms with Crippen molar-refractivity contribution in [3.8, 4) is 0 Å². The fourth-order valence-electron chi connectivity index (χ4n) is 2.58. The fraction of sp³-hybridized carbons (Fsp3) is 0.214. The highest BCUT2D eigenvalue weighted by molar-refractivity contribution is 14.1. The third-order valence-electron chi connectivity index (χ3n) is 3.67. The minimum absolute atomic E-state index is 0.419. The smallest absolute Gasteiger partial charge is 0.241 e. The third-order valence-corrected chi connectivity index (χ3v) is 4.82. The number of aliphatic imine (C=N–C) groups is 1. The zero-order chi connectivity index (χ0) is 14.6. The summed E-state index contributed by atoms with van der Waals surface area (Å²) in [5.74, 6) is -0.465. The molecule has 0 bridgehead atoms.